The van der Waals surface area contributed by atoms with Crippen molar-refractivity contribution >= 4 is 7.82 Å². The Bertz CT molecular complexity index is 512. The summed E-state index contributed by atoms with van der Waals surface area (Å²) < 4.78 is 15.8. The Hall–Kier alpha value is 1.17. The van der Waals surface area contributed by atoms with Gasteiger partial charge in [-0.1, -0.05) is 39.0 Å². The largest absolute Gasteiger partial charge is 1.00 e. The second-order valence-corrected chi connectivity index (χ2v) is 6.66. The van der Waals surface area contributed by atoms with Crippen molar-refractivity contribution < 1.29 is 78.0 Å². The van der Waals surface area contributed by atoms with E-state index in [2.05, 4.69) is 6.92 Å². The fourth-order valence-corrected chi connectivity index (χ4v) is 2.89. The standard InChI is InChI=1S/C14H21O4P.2Na/c1-9(2)12-5-4-6-13(10(3)11-7-8-11)14(12)18-19(15,16)17;;/h4-6,9-11H,7-8H2,1-3H3,(H2,15,16,17);;/q;2*+1/p-2/t10-;;/m1../s1. The van der Waals surface area contributed by atoms with Crippen LogP contribution in [0.1, 0.15) is 56.6 Å². The van der Waals surface area contributed by atoms with E-state index in [1.165, 1.54) is 0 Å². The smallest absolute Gasteiger partial charge is 0.780 e. The normalized spacial score (nSPS) is 15.9. The molecule has 1 aromatic carbocycles. The van der Waals surface area contributed by atoms with Gasteiger partial charge in [0, 0.05) is 0 Å². The molecule has 0 N–H and O–H groups in total. The number of hydrogen-bond acceptors (Lipinski definition) is 4. The van der Waals surface area contributed by atoms with Gasteiger partial charge < -0.3 is 18.9 Å². The fraction of sp³-hybridized carbons (Fsp3) is 0.571. The average molecular weight is 328 g/mol. The summed E-state index contributed by atoms with van der Waals surface area (Å²) in [5.74, 6) is 1.15. The zero-order valence-electron chi connectivity index (χ0n) is 13.5. The Labute approximate surface area is 170 Å². The molecule has 1 saturated carbocycles. The van der Waals surface area contributed by atoms with Gasteiger partial charge in [0.05, 0.1) is 0 Å². The Morgan fingerprint density at radius 1 is 1.14 bits per heavy atom. The molecule has 0 aromatic heterocycles. The molecule has 2 rings (SSSR count). The molecule has 106 valence electrons. The Kier molecular flexibility index (Phi) is 9.36. The Morgan fingerprint density at radius 2 is 1.67 bits per heavy atom. The molecule has 0 saturated heterocycles. The molecule has 1 aliphatic rings. The van der Waals surface area contributed by atoms with Crippen LogP contribution in [-0.2, 0) is 4.57 Å². The van der Waals surface area contributed by atoms with E-state index < -0.39 is 7.82 Å². The topological polar surface area (TPSA) is 72.4 Å². The van der Waals surface area contributed by atoms with Crippen LogP contribution in [0.15, 0.2) is 18.2 Å². The first kappa shape index (κ1) is 22.2. The van der Waals surface area contributed by atoms with Crippen LogP contribution in [0.5, 0.6) is 5.75 Å². The van der Waals surface area contributed by atoms with Crippen LogP contribution in [0.25, 0.3) is 0 Å². The molecular weight excluding hydrogens is 309 g/mol. The minimum atomic E-state index is -5.03. The maximum absolute atomic E-state index is 11.0. The van der Waals surface area contributed by atoms with Crippen LogP contribution in [0.3, 0.4) is 0 Å². The number of phosphoric ester groups is 1. The molecule has 1 aliphatic carbocycles. The molecule has 21 heavy (non-hydrogen) atoms. The molecule has 0 spiro atoms. The number of phosphoric acid groups is 1. The molecule has 1 fully saturated rings. The van der Waals surface area contributed by atoms with Crippen LogP contribution in [0, 0.1) is 5.92 Å². The van der Waals surface area contributed by atoms with Crippen molar-refractivity contribution in [2.75, 3.05) is 0 Å². The van der Waals surface area contributed by atoms with Crippen LogP contribution >= 0.6 is 7.82 Å². The number of para-hydroxylation sites is 1. The summed E-state index contributed by atoms with van der Waals surface area (Å²) in [6.07, 6.45) is 2.30. The van der Waals surface area contributed by atoms with E-state index in [0.717, 1.165) is 24.0 Å². The number of hydrogen-bond donors (Lipinski definition) is 0. The Morgan fingerprint density at radius 3 is 2.10 bits per heavy atom. The summed E-state index contributed by atoms with van der Waals surface area (Å²) in [6, 6.07) is 5.58. The van der Waals surface area contributed by atoms with Gasteiger partial charge in [-0.3, -0.25) is 0 Å². The minimum Gasteiger partial charge on any atom is -0.780 e. The van der Waals surface area contributed by atoms with Crippen molar-refractivity contribution in [2.24, 2.45) is 5.92 Å². The second-order valence-electron chi connectivity index (χ2n) is 5.58. The van der Waals surface area contributed by atoms with Crippen LogP contribution < -0.4 is 73.4 Å². The van der Waals surface area contributed by atoms with Gasteiger partial charge in [-0.15, -0.1) is 0 Å². The zero-order chi connectivity index (χ0) is 14.2. The van der Waals surface area contributed by atoms with Crippen molar-refractivity contribution in [2.45, 2.75) is 45.4 Å². The quantitative estimate of drug-likeness (QED) is 0.416. The third-order valence-corrected chi connectivity index (χ3v) is 4.13. The molecule has 0 heterocycles. The third-order valence-electron chi connectivity index (χ3n) is 3.72. The summed E-state index contributed by atoms with van der Waals surface area (Å²) in [6.45, 7) is 5.97. The molecule has 7 heteroatoms. The van der Waals surface area contributed by atoms with Crippen molar-refractivity contribution in [1.82, 2.24) is 0 Å². The summed E-state index contributed by atoms with van der Waals surface area (Å²) in [7, 11) is -5.03. The van der Waals surface area contributed by atoms with Crippen LogP contribution in [0.4, 0.5) is 0 Å². The number of benzene rings is 1. The molecule has 4 nitrogen and oxygen atoms in total. The molecular formula is C14H19Na2O4P. The van der Waals surface area contributed by atoms with Crippen LogP contribution in [-0.4, -0.2) is 0 Å². The predicted molar refractivity (Wildman–Crippen MR) is 69.9 cm³/mol. The minimum absolute atomic E-state index is 0. The average Bonchev–Trinajstić information content (AvgIpc) is 3.09. The van der Waals surface area contributed by atoms with Gasteiger partial charge in [0.2, 0.25) is 0 Å². The van der Waals surface area contributed by atoms with Gasteiger partial charge in [-0.05, 0) is 41.7 Å². The van der Waals surface area contributed by atoms with E-state index in [1.54, 1.807) is 0 Å². The SMILES string of the molecule is CC(C)c1cccc([C@H](C)C2CC2)c1OP(=O)([O-])[O-].[Na+].[Na+]. The molecule has 0 radical (unpaired) electrons. The van der Waals surface area contributed by atoms with Crippen molar-refractivity contribution in [3.8, 4) is 5.75 Å². The van der Waals surface area contributed by atoms with Crippen molar-refractivity contribution in [3.05, 3.63) is 29.3 Å². The van der Waals surface area contributed by atoms with Gasteiger partial charge >= 0.3 is 59.1 Å². The third kappa shape index (κ3) is 6.29. The Balaban J connectivity index is 0.00000200. The van der Waals surface area contributed by atoms with E-state index in [4.69, 9.17) is 4.52 Å². The fourth-order valence-electron chi connectivity index (χ4n) is 2.45. The maximum atomic E-state index is 11.0. The van der Waals surface area contributed by atoms with E-state index >= 15 is 0 Å². The summed E-state index contributed by atoms with van der Waals surface area (Å²) in [4.78, 5) is 22.0. The molecule has 0 unspecified atom stereocenters. The van der Waals surface area contributed by atoms with E-state index in [-0.39, 0.29) is 76.7 Å². The monoisotopic (exact) mass is 328 g/mol. The first-order chi connectivity index (χ1) is 8.79. The zero-order valence-corrected chi connectivity index (χ0v) is 18.4. The van der Waals surface area contributed by atoms with Crippen LogP contribution in [0.2, 0.25) is 0 Å². The first-order valence-electron chi connectivity index (χ1n) is 6.64. The summed E-state index contributed by atoms with van der Waals surface area (Å²) in [5.41, 5.74) is 1.61. The first-order valence-corrected chi connectivity index (χ1v) is 8.10. The van der Waals surface area contributed by atoms with Gasteiger partial charge in [0.1, 0.15) is 13.6 Å². The second kappa shape index (κ2) is 8.86. The predicted octanol–water partition coefficient (Wildman–Crippen LogP) is -3.46. The van der Waals surface area contributed by atoms with Crippen molar-refractivity contribution in [1.29, 1.82) is 0 Å². The van der Waals surface area contributed by atoms with Gasteiger partial charge in [0.25, 0.3) is 0 Å². The summed E-state index contributed by atoms with van der Waals surface area (Å²) in [5, 5.41) is 0. The molecule has 1 atom stereocenters. The van der Waals surface area contributed by atoms with Crippen molar-refractivity contribution in [3.63, 3.8) is 0 Å². The molecule has 0 aliphatic heterocycles. The molecule has 1 aromatic rings. The van der Waals surface area contributed by atoms with Gasteiger partial charge in [-0.25, -0.2) is 0 Å². The van der Waals surface area contributed by atoms with Gasteiger partial charge in [-0.2, -0.15) is 0 Å². The maximum Gasteiger partial charge on any atom is 1.00 e. The summed E-state index contributed by atoms with van der Waals surface area (Å²) >= 11 is 0. The molecule has 0 amide bonds. The van der Waals surface area contributed by atoms with Gasteiger partial charge in [0.15, 0.2) is 0 Å². The molecule has 0 bridgehead atoms. The van der Waals surface area contributed by atoms with E-state index in [0.29, 0.717) is 5.92 Å². The van der Waals surface area contributed by atoms with E-state index in [9.17, 15) is 14.4 Å². The van der Waals surface area contributed by atoms with E-state index in [1.807, 2.05) is 32.0 Å². The number of rotatable bonds is 5.